The zero-order valence-electron chi connectivity index (χ0n) is 17.9. The van der Waals surface area contributed by atoms with E-state index in [1.807, 2.05) is 0 Å². The summed E-state index contributed by atoms with van der Waals surface area (Å²) < 4.78 is 98.2. The number of nitrogens with one attached hydrogen (secondary N) is 1. The highest BCUT2D eigenvalue weighted by Crippen LogP contribution is 3.02. The Balaban J connectivity index is 1.84. The lowest BCUT2D eigenvalue weighted by Gasteiger charge is -2.41. The minimum atomic E-state index is -10.3. The van der Waals surface area contributed by atoms with Gasteiger partial charge in [-0.05, 0) is 25.0 Å². The van der Waals surface area contributed by atoms with Crippen LogP contribution < -0.4 is 5.32 Å². The van der Waals surface area contributed by atoms with Gasteiger partial charge in [0.05, 0.1) is 32.6 Å². The molecule has 2 fully saturated rings. The monoisotopic (exact) mass is 596 g/mol. The van der Waals surface area contributed by atoms with E-state index in [1.165, 1.54) is 0 Å². The second kappa shape index (κ2) is 7.58. The highest BCUT2D eigenvalue weighted by atomic mass is 35.5. The summed E-state index contributed by atoms with van der Waals surface area (Å²) in [7, 11) is -10.3. The van der Waals surface area contributed by atoms with Crippen LogP contribution in [0.2, 0.25) is 10.0 Å². The average Bonchev–Trinajstić information content (AvgIpc) is 3.63. The van der Waals surface area contributed by atoms with Gasteiger partial charge in [-0.1, -0.05) is 42.6 Å². The van der Waals surface area contributed by atoms with Crippen molar-refractivity contribution in [2.45, 2.75) is 35.5 Å². The molecule has 1 aromatic carbocycles. The fraction of sp³-hybridized carbons (Fsp3) is 0.368. The second-order valence-electron chi connectivity index (χ2n) is 8.55. The van der Waals surface area contributed by atoms with Crippen LogP contribution in [0.5, 0.6) is 0 Å². The number of carbonyl (C=O) groups excluding carboxylic acids is 1. The van der Waals surface area contributed by atoms with Crippen molar-refractivity contribution >= 4 is 51.3 Å². The number of carbonyl (C=O) groups is 2. The lowest BCUT2D eigenvalue weighted by atomic mass is 9.95. The molecule has 2 saturated carbocycles. The number of ether oxygens (including phenoxy) is 1. The number of halogens is 9. The first-order valence-electron chi connectivity index (χ1n) is 10.0. The van der Waals surface area contributed by atoms with E-state index in [4.69, 9.17) is 27.9 Å². The Bertz CT molecular complexity index is 1410. The number of rotatable bonds is 7. The number of amides is 1. The molecule has 0 aliphatic heterocycles. The van der Waals surface area contributed by atoms with Crippen molar-refractivity contribution in [1.82, 2.24) is 9.78 Å². The molecule has 1 amide bonds. The van der Waals surface area contributed by atoms with E-state index in [0.717, 1.165) is 0 Å². The molecule has 1 unspecified atom stereocenters. The normalized spacial score (nSPS) is 21.2. The summed E-state index contributed by atoms with van der Waals surface area (Å²) in [5, 5.41) is 22.4. The molecule has 2 aromatic rings. The van der Waals surface area contributed by atoms with Crippen LogP contribution in [-0.4, -0.2) is 39.5 Å². The molecular weight excluding hydrogens is 584 g/mol. The zero-order valence-corrected chi connectivity index (χ0v) is 20.2. The summed E-state index contributed by atoms with van der Waals surface area (Å²) in [6.45, 7) is -0.720. The van der Waals surface area contributed by atoms with E-state index in [-0.39, 0.29) is 24.5 Å². The quantitative estimate of drug-likeness (QED) is 0.331. The number of hydrogen-bond acceptors (Lipinski definition) is 5. The van der Waals surface area contributed by atoms with Crippen LogP contribution in [0.25, 0.3) is 5.69 Å². The van der Waals surface area contributed by atoms with Gasteiger partial charge in [0.15, 0.2) is 5.69 Å². The van der Waals surface area contributed by atoms with Crippen molar-refractivity contribution in [2.24, 2.45) is 5.92 Å². The summed E-state index contributed by atoms with van der Waals surface area (Å²) in [6, 6.07) is 1.94. The van der Waals surface area contributed by atoms with Crippen LogP contribution in [0.1, 0.15) is 30.5 Å². The topological polar surface area (TPSA) is 117 Å². The molecule has 0 bridgehead atoms. The van der Waals surface area contributed by atoms with Crippen molar-refractivity contribution in [3.8, 4) is 11.8 Å². The molecule has 4 rings (SSSR count). The van der Waals surface area contributed by atoms with Gasteiger partial charge in [0.1, 0.15) is 23.4 Å². The molecule has 1 heterocycles. The van der Waals surface area contributed by atoms with E-state index in [2.05, 4.69) is 10.4 Å². The minimum Gasteiger partial charge on any atom is -0.481 e. The van der Waals surface area contributed by atoms with Gasteiger partial charge >= 0.3 is 22.3 Å². The minimum absolute atomic E-state index is 0.0294. The molecule has 202 valence electrons. The zero-order chi connectivity index (χ0) is 27.8. The van der Waals surface area contributed by atoms with Gasteiger partial charge in [-0.2, -0.15) is 10.4 Å². The van der Waals surface area contributed by atoms with Crippen LogP contribution >= 0.6 is 33.4 Å². The third kappa shape index (κ3) is 4.87. The van der Waals surface area contributed by atoms with E-state index in [0.29, 0.717) is 10.7 Å². The fourth-order valence-electron chi connectivity index (χ4n) is 3.68. The molecule has 2 N–H and O–H groups in total. The molecule has 0 radical (unpaired) electrons. The van der Waals surface area contributed by atoms with Gasteiger partial charge in [0.25, 0.3) is 5.92 Å². The number of aromatic nitrogens is 2. The Morgan fingerprint density at radius 2 is 1.81 bits per heavy atom. The maximum atomic E-state index is 13.4. The standard InChI is InChI=1S/C19H13Cl2F7N4O4S/c20-13-10(1-2-11(14(13)21)37(24,25,26,27)28)32-15(30-17(35)36-7-8-5-19(8,22)23)12(9(6-29)31-32)18(3-4-18)16(33)34/h1-2,8H,3-5,7H2,(H,30,35)(H,33,34). The number of nitriles is 1. The number of anilines is 1. The maximum Gasteiger partial charge on any atom is 0.412 e. The number of aliphatic carboxylic acids is 1. The van der Waals surface area contributed by atoms with Crippen LogP contribution in [0.15, 0.2) is 17.0 Å². The van der Waals surface area contributed by atoms with Gasteiger partial charge in [-0.3, -0.25) is 10.1 Å². The molecule has 1 aromatic heterocycles. The SMILES string of the molecule is N#Cc1nn(-c2ccc(S(F)(F)(F)(F)F)c(Cl)c2Cl)c(NC(=O)OCC2CC2(F)F)c1C1(C(=O)O)CC1. The Morgan fingerprint density at radius 3 is 2.27 bits per heavy atom. The van der Waals surface area contributed by atoms with Gasteiger partial charge < -0.3 is 9.84 Å². The summed E-state index contributed by atoms with van der Waals surface area (Å²) in [6.07, 6.45) is -1.98. The summed E-state index contributed by atoms with van der Waals surface area (Å²) in [4.78, 5) is 21.8. The highest BCUT2D eigenvalue weighted by molar-refractivity contribution is 8.45. The lowest BCUT2D eigenvalue weighted by Crippen LogP contribution is -2.25. The van der Waals surface area contributed by atoms with Crippen LogP contribution in [0.4, 0.5) is 38.8 Å². The van der Waals surface area contributed by atoms with Crippen molar-refractivity contribution < 1.29 is 47.6 Å². The fourth-order valence-corrected chi connectivity index (χ4v) is 5.34. The van der Waals surface area contributed by atoms with Crippen molar-refractivity contribution in [3.63, 3.8) is 0 Å². The molecule has 18 heteroatoms. The highest BCUT2D eigenvalue weighted by Gasteiger charge is 2.67. The summed E-state index contributed by atoms with van der Waals surface area (Å²) >= 11 is 11.4. The van der Waals surface area contributed by atoms with Crippen LogP contribution in [-0.2, 0) is 14.9 Å². The largest absolute Gasteiger partial charge is 0.481 e. The van der Waals surface area contributed by atoms with Gasteiger partial charge in [-0.15, -0.1) is 0 Å². The number of hydrogen-bond donors (Lipinski definition) is 2. The Kier molecular flexibility index (Phi) is 5.56. The number of carboxylic acids is 1. The Morgan fingerprint density at radius 1 is 1.22 bits per heavy atom. The molecular formula is C19H13Cl2F7N4O4S. The maximum absolute atomic E-state index is 13.4. The van der Waals surface area contributed by atoms with Gasteiger partial charge in [0.2, 0.25) is 0 Å². The van der Waals surface area contributed by atoms with Crippen LogP contribution in [0.3, 0.4) is 0 Å². The number of benzene rings is 1. The van der Waals surface area contributed by atoms with E-state index in [9.17, 15) is 48.2 Å². The third-order valence-electron chi connectivity index (χ3n) is 5.89. The second-order valence-corrected chi connectivity index (χ2v) is 11.7. The van der Waals surface area contributed by atoms with Crippen molar-refractivity contribution in [2.75, 3.05) is 11.9 Å². The van der Waals surface area contributed by atoms with E-state index < -0.39 is 84.7 Å². The molecule has 1 atom stereocenters. The number of nitrogens with zero attached hydrogens (tertiary/aromatic N) is 3. The first kappa shape index (κ1) is 27.1. The number of alkyl halides is 2. The van der Waals surface area contributed by atoms with E-state index in [1.54, 1.807) is 6.07 Å². The molecule has 2 aliphatic rings. The van der Waals surface area contributed by atoms with Crippen LogP contribution in [0, 0.1) is 17.2 Å². The lowest BCUT2D eigenvalue weighted by molar-refractivity contribution is -0.140. The molecule has 0 saturated heterocycles. The van der Waals surface area contributed by atoms with Gasteiger partial charge in [-0.25, -0.2) is 18.3 Å². The van der Waals surface area contributed by atoms with Crippen molar-refractivity contribution in [1.29, 1.82) is 5.26 Å². The smallest absolute Gasteiger partial charge is 0.412 e. The first-order valence-corrected chi connectivity index (χ1v) is 12.7. The Labute approximate surface area is 212 Å². The molecule has 2 aliphatic carbocycles. The van der Waals surface area contributed by atoms with E-state index >= 15 is 0 Å². The molecule has 37 heavy (non-hydrogen) atoms. The number of carboxylic acid groups (broad SMARTS) is 1. The molecule has 0 spiro atoms. The van der Waals surface area contributed by atoms with Gasteiger partial charge in [0, 0.05) is 6.42 Å². The molecule has 8 nitrogen and oxygen atoms in total. The predicted molar refractivity (Wildman–Crippen MR) is 116 cm³/mol. The first-order chi connectivity index (χ1) is 16.7. The summed E-state index contributed by atoms with van der Waals surface area (Å²) in [5.41, 5.74) is -3.34. The average molecular weight is 597 g/mol. The Hall–Kier alpha value is -2.90. The predicted octanol–water partition coefficient (Wildman–Crippen LogP) is 7.03. The summed E-state index contributed by atoms with van der Waals surface area (Å²) in [5.74, 6) is -6.32. The third-order valence-corrected chi connectivity index (χ3v) is 8.05. The van der Waals surface area contributed by atoms with Crippen molar-refractivity contribution in [3.05, 3.63) is 33.4 Å².